The van der Waals surface area contributed by atoms with Crippen LogP contribution in [0.4, 0.5) is 5.69 Å². The summed E-state index contributed by atoms with van der Waals surface area (Å²) in [6.45, 7) is 4.22. The van der Waals surface area contributed by atoms with Gasteiger partial charge in [-0.1, -0.05) is 12.1 Å². The molecule has 1 aromatic rings. The average molecular weight is 207 g/mol. The molecule has 0 aliphatic heterocycles. The Labute approximate surface area is 90.2 Å². The van der Waals surface area contributed by atoms with Gasteiger partial charge in [0.1, 0.15) is 0 Å². The first-order valence-electron chi connectivity index (χ1n) is 5.14. The van der Waals surface area contributed by atoms with Crippen molar-refractivity contribution in [3.63, 3.8) is 0 Å². The summed E-state index contributed by atoms with van der Waals surface area (Å²) in [5, 5.41) is 0. The molecule has 0 fully saturated rings. The van der Waals surface area contributed by atoms with Gasteiger partial charge in [0.05, 0.1) is 6.61 Å². The summed E-state index contributed by atoms with van der Waals surface area (Å²) < 4.78 is 4.85. The molecule has 0 bridgehead atoms. The summed E-state index contributed by atoms with van der Waals surface area (Å²) in [5.74, 6) is -0.146. The fraction of sp³-hybridized carbons (Fsp3) is 0.417. The Balaban J connectivity index is 2.51. The van der Waals surface area contributed by atoms with Crippen LogP contribution in [0, 0.1) is 6.92 Å². The molecule has 0 spiro atoms. The van der Waals surface area contributed by atoms with Crippen LogP contribution >= 0.6 is 0 Å². The zero-order chi connectivity index (χ0) is 11.3. The van der Waals surface area contributed by atoms with E-state index < -0.39 is 0 Å². The van der Waals surface area contributed by atoms with E-state index in [1.54, 1.807) is 0 Å². The van der Waals surface area contributed by atoms with E-state index in [2.05, 4.69) is 0 Å². The summed E-state index contributed by atoms with van der Waals surface area (Å²) in [4.78, 5) is 11.1. The number of benzene rings is 1. The van der Waals surface area contributed by atoms with Crippen LogP contribution in [0.1, 0.15) is 24.5 Å². The highest BCUT2D eigenvalue weighted by Gasteiger charge is 2.03. The van der Waals surface area contributed by atoms with Crippen molar-refractivity contribution < 1.29 is 9.53 Å². The Kier molecular flexibility index (Phi) is 4.16. The molecule has 0 radical (unpaired) electrons. The maximum absolute atomic E-state index is 11.1. The van der Waals surface area contributed by atoms with Crippen molar-refractivity contribution in [2.24, 2.45) is 0 Å². The zero-order valence-electron chi connectivity index (χ0n) is 9.25. The molecular weight excluding hydrogens is 190 g/mol. The second-order valence-electron chi connectivity index (χ2n) is 3.50. The van der Waals surface area contributed by atoms with Gasteiger partial charge in [0.2, 0.25) is 0 Å². The number of carbonyl (C=O) groups is 1. The van der Waals surface area contributed by atoms with Crippen molar-refractivity contribution >= 4 is 11.7 Å². The molecule has 0 heterocycles. The van der Waals surface area contributed by atoms with Gasteiger partial charge in [-0.2, -0.15) is 0 Å². The largest absolute Gasteiger partial charge is 0.466 e. The minimum absolute atomic E-state index is 0.146. The highest BCUT2D eigenvalue weighted by molar-refractivity contribution is 5.69. The topological polar surface area (TPSA) is 52.3 Å². The Morgan fingerprint density at radius 3 is 2.80 bits per heavy atom. The molecule has 1 aromatic carbocycles. The number of aryl methyl sites for hydroxylation is 2. The predicted molar refractivity (Wildman–Crippen MR) is 60.5 cm³/mol. The lowest BCUT2D eigenvalue weighted by Gasteiger charge is -2.05. The molecule has 0 aliphatic rings. The minimum Gasteiger partial charge on any atom is -0.466 e. The monoisotopic (exact) mass is 207 g/mol. The minimum atomic E-state index is -0.146. The molecule has 0 unspecified atom stereocenters. The first-order valence-corrected chi connectivity index (χ1v) is 5.14. The predicted octanol–water partition coefficient (Wildman–Crippen LogP) is 2.07. The first kappa shape index (κ1) is 11.6. The highest BCUT2D eigenvalue weighted by Crippen LogP contribution is 2.14. The molecule has 82 valence electrons. The lowest BCUT2D eigenvalue weighted by Crippen LogP contribution is -2.05. The van der Waals surface area contributed by atoms with E-state index in [0.29, 0.717) is 19.4 Å². The van der Waals surface area contributed by atoms with Gasteiger partial charge in [0.25, 0.3) is 0 Å². The molecule has 3 heteroatoms. The fourth-order valence-electron chi connectivity index (χ4n) is 1.37. The van der Waals surface area contributed by atoms with Gasteiger partial charge >= 0.3 is 5.97 Å². The molecule has 2 N–H and O–H groups in total. The van der Waals surface area contributed by atoms with E-state index in [1.165, 1.54) is 0 Å². The molecule has 0 atom stereocenters. The molecule has 0 amide bonds. The van der Waals surface area contributed by atoms with Crippen LogP contribution in [0.3, 0.4) is 0 Å². The lowest BCUT2D eigenvalue weighted by atomic mass is 10.1. The Morgan fingerprint density at radius 1 is 1.47 bits per heavy atom. The van der Waals surface area contributed by atoms with Crippen molar-refractivity contribution in [2.45, 2.75) is 26.7 Å². The fourth-order valence-corrected chi connectivity index (χ4v) is 1.37. The van der Waals surface area contributed by atoms with E-state index in [4.69, 9.17) is 10.5 Å². The van der Waals surface area contributed by atoms with E-state index in [0.717, 1.165) is 16.8 Å². The van der Waals surface area contributed by atoms with Crippen molar-refractivity contribution in [3.8, 4) is 0 Å². The molecule has 1 rings (SSSR count). The Morgan fingerprint density at radius 2 is 2.20 bits per heavy atom. The number of anilines is 1. The summed E-state index contributed by atoms with van der Waals surface area (Å²) in [6, 6.07) is 5.83. The van der Waals surface area contributed by atoms with Crippen LogP contribution in [0.15, 0.2) is 18.2 Å². The first-order chi connectivity index (χ1) is 7.13. The third kappa shape index (κ3) is 3.62. The lowest BCUT2D eigenvalue weighted by molar-refractivity contribution is -0.143. The highest BCUT2D eigenvalue weighted by atomic mass is 16.5. The summed E-state index contributed by atoms with van der Waals surface area (Å²) in [6.07, 6.45) is 1.14. The van der Waals surface area contributed by atoms with E-state index in [1.807, 2.05) is 32.0 Å². The maximum atomic E-state index is 11.1. The van der Waals surface area contributed by atoms with Crippen molar-refractivity contribution in [1.29, 1.82) is 0 Å². The quantitative estimate of drug-likeness (QED) is 0.607. The number of hydrogen-bond acceptors (Lipinski definition) is 3. The average Bonchev–Trinajstić information content (AvgIpc) is 2.20. The SMILES string of the molecule is CCOC(=O)CCc1ccc(N)c(C)c1. The third-order valence-corrected chi connectivity index (χ3v) is 2.26. The second-order valence-corrected chi connectivity index (χ2v) is 3.50. The van der Waals surface area contributed by atoms with Gasteiger partial charge in [-0.3, -0.25) is 4.79 Å². The van der Waals surface area contributed by atoms with Crippen molar-refractivity contribution in [2.75, 3.05) is 12.3 Å². The van der Waals surface area contributed by atoms with Crippen LogP contribution in [0.2, 0.25) is 0 Å². The molecule has 0 aromatic heterocycles. The van der Waals surface area contributed by atoms with Gasteiger partial charge < -0.3 is 10.5 Å². The van der Waals surface area contributed by atoms with Crippen LogP contribution in [-0.2, 0) is 16.0 Å². The van der Waals surface area contributed by atoms with E-state index in [-0.39, 0.29) is 5.97 Å². The third-order valence-electron chi connectivity index (χ3n) is 2.26. The molecule has 0 aliphatic carbocycles. The van der Waals surface area contributed by atoms with Gasteiger partial charge in [-0.25, -0.2) is 0 Å². The molecular formula is C12H17NO2. The number of esters is 1. The molecule has 0 saturated carbocycles. The Hall–Kier alpha value is -1.51. The molecule has 15 heavy (non-hydrogen) atoms. The standard InChI is InChI=1S/C12H17NO2/c1-3-15-12(14)7-5-10-4-6-11(13)9(2)8-10/h4,6,8H,3,5,7,13H2,1-2H3. The number of hydrogen-bond donors (Lipinski definition) is 1. The summed E-state index contributed by atoms with van der Waals surface area (Å²) in [5.41, 5.74) is 8.66. The molecule has 3 nitrogen and oxygen atoms in total. The normalized spacial score (nSPS) is 10.0. The summed E-state index contributed by atoms with van der Waals surface area (Å²) in [7, 11) is 0. The second kappa shape index (κ2) is 5.39. The van der Waals surface area contributed by atoms with Crippen LogP contribution in [0.25, 0.3) is 0 Å². The van der Waals surface area contributed by atoms with E-state index in [9.17, 15) is 4.79 Å². The van der Waals surface area contributed by atoms with Gasteiger partial charge in [0, 0.05) is 12.1 Å². The number of nitrogen functional groups attached to an aromatic ring is 1. The van der Waals surface area contributed by atoms with Crippen molar-refractivity contribution in [3.05, 3.63) is 29.3 Å². The van der Waals surface area contributed by atoms with Gasteiger partial charge in [0.15, 0.2) is 0 Å². The van der Waals surface area contributed by atoms with Crippen LogP contribution in [-0.4, -0.2) is 12.6 Å². The summed E-state index contributed by atoms with van der Waals surface area (Å²) >= 11 is 0. The molecule has 0 saturated heterocycles. The van der Waals surface area contributed by atoms with Crippen LogP contribution in [0.5, 0.6) is 0 Å². The number of ether oxygens (including phenoxy) is 1. The van der Waals surface area contributed by atoms with Gasteiger partial charge in [-0.15, -0.1) is 0 Å². The maximum Gasteiger partial charge on any atom is 0.306 e. The van der Waals surface area contributed by atoms with Gasteiger partial charge in [-0.05, 0) is 37.5 Å². The van der Waals surface area contributed by atoms with Crippen LogP contribution < -0.4 is 5.73 Å². The number of rotatable bonds is 4. The van der Waals surface area contributed by atoms with E-state index >= 15 is 0 Å². The zero-order valence-corrected chi connectivity index (χ0v) is 9.25. The Bertz CT molecular complexity index is 347. The number of carbonyl (C=O) groups excluding carboxylic acids is 1. The number of nitrogens with two attached hydrogens (primary N) is 1. The smallest absolute Gasteiger partial charge is 0.306 e. The van der Waals surface area contributed by atoms with Crippen molar-refractivity contribution in [1.82, 2.24) is 0 Å².